The molecule has 0 aromatic carbocycles. The smallest absolute Gasteiger partial charge is 0.318 e. The van der Waals surface area contributed by atoms with Crippen molar-refractivity contribution < 1.29 is 14.4 Å². The van der Waals surface area contributed by atoms with Gasteiger partial charge in [0.25, 0.3) is 0 Å². The second-order valence-electron chi connectivity index (χ2n) is 2.72. The Hall–Kier alpha value is -1.89. The van der Waals surface area contributed by atoms with Gasteiger partial charge in [-0.25, -0.2) is 4.79 Å². The van der Waals surface area contributed by atoms with Crippen molar-refractivity contribution in [1.82, 2.24) is 8.75 Å². The Bertz CT molecular complexity index is 489. The van der Waals surface area contributed by atoms with Gasteiger partial charge in [0, 0.05) is 6.92 Å². The predicted octanol–water partition coefficient (Wildman–Crippen LogP) is 0.401. The van der Waals surface area contributed by atoms with Crippen molar-refractivity contribution >= 4 is 35.3 Å². The highest BCUT2D eigenvalue weighted by atomic mass is 32.1. The molecule has 0 unspecified atom stereocenters. The summed E-state index contributed by atoms with van der Waals surface area (Å²) in [6.07, 6.45) is 2.86. The lowest BCUT2D eigenvalue weighted by atomic mass is 10.1. The summed E-state index contributed by atoms with van der Waals surface area (Å²) >= 11 is 0.971. The number of carbonyl (C=O) groups excluding carboxylic acids is 2. The van der Waals surface area contributed by atoms with E-state index in [2.05, 4.69) is 18.7 Å². The van der Waals surface area contributed by atoms with Crippen molar-refractivity contribution in [1.29, 1.82) is 0 Å². The maximum atomic E-state index is 11.4. The van der Waals surface area contributed by atoms with Crippen molar-refractivity contribution in [3.05, 3.63) is 17.5 Å². The second kappa shape index (κ2) is 3.70. The molecule has 15 heavy (non-hydrogen) atoms. The lowest BCUT2D eigenvalue weighted by Gasteiger charge is -2.03. The minimum absolute atomic E-state index is 0.0106. The number of carbonyl (C=O) groups is 2. The molecule has 1 aromatic heterocycles. The molecule has 0 aliphatic heterocycles. The topological polar surface area (TPSA) is 81.5 Å². The molecule has 76 valence electrons. The number of allylic oxidation sites excluding steroid dienone is 1. The van der Waals surface area contributed by atoms with Crippen molar-refractivity contribution in [2.75, 3.05) is 0 Å². The van der Waals surface area contributed by atoms with Crippen LogP contribution in [0.4, 0.5) is 0 Å². The van der Waals surface area contributed by atoms with E-state index in [9.17, 15) is 9.59 Å². The molecule has 1 aliphatic rings. The first kappa shape index (κ1) is 9.66. The number of fused-ring (bicyclic) bond motifs is 1. The van der Waals surface area contributed by atoms with Gasteiger partial charge >= 0.3 is 5.97 Å². The molecule has 1 aromatic rings. The summed E-state index contributed by atoms with van der Waals surface area (Å²) in [5.74, 6) is -0.939. The van der Waals surface area contributed by atoms with Gasteiger partial charge in [0.05, 0.1) is 11.7 Å². The fraction of sp³-hybridized carbons (Fsp3) is 0.125. The van der Waals surface area contributed by atoms with Crippen LogP contribution in [0, 0.1) is 0 Å². The van der Waals surface area contributed by atoms with Crippen molar-refractivity contribution in [3.63, 3.8) is 0 Å². The number of rotatable bonds is 1. The first-order chi connectivity index (χ1) is 7.18. The van der Waals surface area contributed by atoms with Crippen molar-refractivity contribution in [3.8, 4) is 0 Å². The minimum atomic E-state index is -0.588. The second-order valence-corrected chi connectivity index (χ2v) is 3.25. The van der Waals surface area contributed by atoms with Gasteiger partial charge in [-0.3, -0.25) is 4.79 Å². The van der Waals surface area contributed by atoms with E-state index in [1.54, 1.807) is 6.08 Å². The molecule has 0 N–H and O–H groups in total. The minimum Gasteiger partial charge on any atom is -0.318 e. The number of hydrogen-bond acceptors (Lipinski definition) is 7. The molecule has 6 nitrogen and oxygen atoms in total. The summed E-state index contributed by atoms with van der Waals surface area (Å²) in [6, 6.07) is 0. The Morgan fingerprint density at radius 3 is 3.00 bits per heavy atom. The van der Waals surface area contributed by atoms with Crippen LogP contribution in [0.5, 0.6) is 0 Å². The highest BCUT2D eigenvalue weighted by Crippen LogP contribution is 2.15. The summed E-state index contributed by atoms with van der Waals surface area (Å²) in [7, 11) is 0. The zero-order valence-corrected chi connectivity index (χ0v) is 8.45. The average Bonchev–Trinajstić information content (AvgIpc) is 2.63. The van der Waals surface area contributed by atoms with Crippen LogP contribution in [0.1, 0.15) is 18.3 Å². The van der Waals surface area contributed by atoms with Crippen LogP contribution in [0.2, 0.25) is 0 Å². The Morgan fingerprint density at radius 1 is 1.47 bits per heavy atom. The van der Waals surface area contributed by atoms with Gasteiger partial charge in [0.2, 0.25) is 5.78 Å². The summed E-state index contributed by atoms with van der Waals surface area (Å²) < 4.78 is 7.84. The highest BCUT2D eigenvalue weighted by molar-refractivity contribution is 6.99. The molecule has 0 atom stereocenters. The van der Waals surface area contributed by atoms with Gasteiger partial charge < -0.3 is 4.84 Å². The van der Waals surface area contributed by atoms with E-state index >= 15 is 0 Å². The van der Waals surface area contributed by atoms with E-state index in [0.29, 0.717) is 11.4 Å². The molecular weight excluding hydrogens is 218 g/mol. The first-order valence-electron chi connectivity index (χ1n) is 3.99. The fourth-order valence-corrected chi connectivity index (χ4v) is 1.56. The summed E-state index contributed by atoms with van der Waals surface area (Å²) in [5, 5.41) is 3.45. The van der Waals surface area contributed by atoms with Gasteiger partial charge in [0.1, 0.15) is 11.4 Å². The van der Waals surface area contributed by atoms with Crippen LogP contribution in [0.25, 0.3) is 6.08 Å². The maximum Gasteiger partial charge on any atom is 0.332 e. The third kappa shape index (κ3) is 1.82. The van der Waals surface area contributed by atoms with Gasteiger partial charge in [-0.1, -0.05) is 5.16 Å². The number of aromatic nitrogens is 2. The number of ketones is 1. The monoisotopic (exact) mass is 223 g/mol. The fourth-order valence-electron chi connectivity index (χ4n) is 1.02. The van der Waals surface area contributed by atoms with Crippen LogP contribution in [-0.4, -0.2) is 26.2 Å². The third-order valence-corrected chi connectivity index (χ3v) is 2.17. The zero-order chi connectivity index (χ0) is 10.8. The van der Waals surface area contributed by atoms with Crippen LogP contribution in [0.15, 0.2) is 11.2 Å². The van der Waals surface area contributed by atoms with E-state index < -0.39 is 5.97 Å². The molecule has 7 heteroatoms. The van der Waals surface area contributed by atoms with Gasteiger partial charge in [-0.2, -0.15) is 8.75 Å². The van der Waals surface area contributed by atoms with Gasteiger partial charge in [-0.15, -0.1) is 0 Å². The van der Waals surface area contributed by atoms with E-state index in [4.69, 9.17) is 0 Å². The maximum absolute atomic E-state index is 11.4. The average molecular weight is 223 g/mol. The first-order valence-corrected chi connectivity index (χ1v) is 4.72. The van der Waals surface area contributed by atoms with Gasteiger partial charge in [-0.05, 0) is 12.2 Å². The van der Waals surface area contributed by atoms with E-state index in [1.807, 2.05) is 0 Å². The SMILES string of the molecule is CC(=O)O/N=C1\C(=O)C=Cc2nsnc21. The van der Waals surface area contributed by atoms with E-state index in [0.717, 1.165) is 11.7 Å². The lowest BCUT2D eigenvalue weighted by molar-refractivity contribution is -0.140. The molecule has 2 rings (SSSR count). The number of oxime groups is 1. The van der Waals surface area contributed by atoms with E-state index in [1.165, 1.54) is 13.0 Å². The molecule has 0 fully saturated rings. The molecule has 0 bridgehead atoms. The summed E-state index contributed by atoms with van der Waals surface area (Å²) in [6.45, 7) is 1.20. The lowest BCUT2D eigenvalue weighted by Crippen LogP contribution is -2.18. The van der Waals surface area contributed by atoms with Crippen molar-refractivity contribution in [2.45, 2.75) is 6.92 Å². The zero-order valence-electron chi connectivity index (χ0n) is 7.63. The standard InChI is InChI=1S/C8H5N3O3S/c1-4(12)14-9-8-6(13)3-2-5-7(8)11-15-10-5/h2-3H,1H3/b9-8+. The third-order valence-electron chi connectivity index (χ3n) is 1.63. The molecule has 0 saturated carbocycles. The Kier molecular flexibility index (Phi) is 2.38. The Morgan fingerprint density at radius 2 is 2.27 bits per heavy atom. The number of nitrogens with zero attached hydrogens (tertiary/aromatic N) is 3. The molecule has 0 radical (unpaired) electrons. The molecule has 1 aliphatic carbocycles. The molecule has 1 heterocycles. The largest absolute Gasteiger partial charge is 0.332 e. The molecule has 0 saturated heterocycles. The Labute approximate surface area is 88.6 Å². The molecule has 0 amide bonds. The predicted molar refractivity (Wildman–Crippen MR) is 52.3 cm³/mol. The van der Waals surface area contributed by atoms with Crippen LogP contribution in [-0.2, 0) is 14.4 Å². The molecule has 0 spiro atoms. The summed E-state index contributed by atoms with van der Waals surface area (Å²) in [5.41, 5.74) is 0.927. The summed E-state index contributed by atoms with van der Waals surface area (Å²) in [4.78, 5) is 26.4. The van der Waals surface area contributed by atoms with E-state index in [-0.39, 0.29) is 11.5 Å². The van der Waals surface area contributed by atoms with Crippen LogP contribution in [0.3, 0.4) is 0 Å². The quantitative estimate of drug-likeness (QED) is 0.508. The normalized spacial score (nSPS) is 16.6. The van der Waals surface area contributed by atoms with Crippen molar-refractivity contribution in [2.24, 2.45) is 5.16 Å². The van der Waals surface area contributed by atoms with Gasteiger partial charge in [0.15, 0.2) is 5.71 Å². The van der Waals surface area contributed by atoms with Crippen LogP contribution >= 0.6 is 11.7 Å². The Balaban J connectivity index is 2.40. The van der Waals surface area contributed by atoms with Crippen LogP contribution < -0.4 is 0 Å². The highest BCUT2D eigenvalue weighted by Gasteiger charge is 2.23. The number of hydrogen-bond donors (Lipinski definition) is 0. The molecular formula is C8H5N3O3S.